The topological polar surface area (TPSA) is 119 Å². The molecule has 0 aromatic heterocycles. The summed E-state index contributed by atoms with van der Waals surface area (Å²) < 4.78 is 5.43. The Hall–Kier alpha value is -3.84. The van der Waals surface area contributed by atoms with E-state index in [2.05, 4.69) is 22.8 Å². The van der Waals surface area contributed by atoms with Gasteiger partial charge < -0.3 is 26.8 Å². The highest BCUT2D eigenvalue weighted by Crippen LogP contribution is 2.38. The van der Waals surface area contributed by atoms with Crippen LogP contribution in [0.25, 0.3) is 0 Å². The lowest BCUT2D eigenvalue weighted by molar-refractivity contribution is 0.102. The molecule has 7 nitrogen and oxygen atoms in total. The van der Waals surface area contributed by atoms with Crippen molar-refractivity contribution in [3.05, 3.63) is 94.5 Å². The summed E-state index contributed by atoms with van der Waals surface area (Å²) in [7, 11) is 0. The van der Waals surface area contributed by atoms with E-state index in [1.54, 1.807) is 18.2 Å². The van der Waals surface area contributed by atoms with Crippen molar-refractivity contribution in [3.8, 4) is 0 Å². The third-order valence-electron chi connectivity index (χ3n) is 6.60. The Bertz CT molecular complexity index is 1220. The van der Waals surface area contributed by atoms with E-state index >= 15 is 0 Å². The van der Waals surface area contributed by atoms with Crippen LogP contribution in [0.2, 0.25) is 0 Å². The number of carbonyl (C=O) groups is 2. The maximum Gasteiger partial charge on any atom is 0.407 e. The molecule has 6 N–H and O–H groups in total. The van der Waals surface area contributed by atoms with Gasteiger partial charge in [0.1, 0.15) is 6.61 Å². The van der Waals surface area contributed by atoms with Gasteiger partial charge in [-0.25, -0.2) is 4.79 Å². The van der Waals surface area contributed by atoms with Gasteiger partial charge in [0.15, 0.2) is 0 Å². The van der Waals surface area contributed by atoms with E-state index < -0.39 is 6.09 Å². The van der Waals surface area contributed by atoms with Gasteiger partial charge in [-0.1, -0.05) is 42.5 Å². The van der Waals surface area contributed by atoms with Crippen LogP contribution in [0.5, 0.6) is 0 Å². The number of nitrogens with one attached hydrogen (secondary N) is 2. The molecule has 0 aliphatic heterocycles. The first-order valence-corrected chi connectivity index (χ1v) is 11.5. The number of rotatable bonds is 6. The largest absolute Gasteiger partial charge is 0.445 e. The molecule has 3 aromatic rings. The van der Waals surface area contributed by atoms with Crippen LogP contribution in [-0.2, 0) is 17.8 Å². The maximum absolute atomic E-state index is 12.7. The fourth-order valence-electron chi connectivity index (χ4n) is 4.51. The molecule has 0 bridgehead atoms. The standard InChI is InChI=1S/C27H28N4O3/c28-22-3-1-2-4-25(22)30-26(32)19-9-11-20-18(13-19)10-12-24(20)31-27(33)34-15-16-5-7-17(8-6-16)21-14-23(21)29/h1-9,11,13,21,23-24H,10,12,14-15,28-29H2,(H,30,32)(H,31,33)/t21?,23-,24?/m1/s1. The molecular formula is C27H28N4O3. The van der Waals surface area contributed by atoms with Gasteiger partial charge >= 0.3 is 6.09 Å². The molecule has 174 valence electrons. The van der Waals surface area contributed by atoms with Gasteiger partial charge in [0.05, 0.1) is 17.4 Å². The molecule has 2 aliphatic carbocycles. The predicted molar refractivity (Wildman–Crippen MR) is 131 cm³/mol. The molecule has 5 rings (SSSR count). The fourth-order valence-corrected chi connectivity index (χ4v) is 4.51. The molecule has 0 radical (unpaired) electrons. The number of para-hydroxylation sites is 2. The molecule has 3 aromatic carbocycles. The average Bonchev–Trinajstić information content (AvgIpc) is 3.45. The molecule has 0 spiro atoms. The minimum Gasteiger partial charge on any atom is -0.445 e. The van der Waals surface area contributed by atoms with Gasteiger partial charge in [-0.05, 0) is 65.8 Å². The number of ether oxygens (including phenoxy) is 1. The van der Waals surface area contributed by atoms with Crippen LogP contribution < -0.4 is 22.1 Å². The number of hydrogen-bond acceptors (Lipinski definition) is 5. The fraction of sp³-hybridized carbons (Fsp3) is 0.259. The number of aryl methyl sites for hydroxylation is 1. The minimum absolute atomic E-state index is 0.136. The molecule has 2 amide bonds. The van der Waals surface area contributed by atoms with E-state index in [1.165, 1.54) is 5.56 Å². The molecular weight excluding hydrogens is 428 g/mol. The summed E-state index contributed by atoms with van der Waals surface area (Å²) in [5.41, 5.74) is 17.7. The van der Waals surface area contributed by atoms with Crippen LogP contribution in [0.4, 0.5) is 16.2 Å². The number of hydrogen-bond donors (Lipinski definition) is 4. The van der Waals surface area contributed by atoms with Crippen molar-refractivity contribution < 1.29 is 14.3 Å². The smallest absolute Gasteiger partial charge is 0.407 e. The summed E-state index contributed by atoms with van der Waals surface area (Å²) in [5.74, 6) is 0.245. The first-order chi connectivity index (χ1) is 16.5. The zero-order valence-corrected chi connectivity index (χ0v) is 18.8. The normalized spacial score (nSPS) is 20.3. The van der Waals surface area contributed by atoms with Crippen molar-refractivity contribution >= 4 is 23.4 Å². The van der Waals surface area contributed by atoms with Crippen LogP contribution in [-0.4, -0.2) is 18.0 Å². The third kappa shape index (κ3) is 4.75. The van der Waals surface area contributed by atoms with Crippen molar-refractivity contribution in [2.75, 3.05) is 11.1 Å². The van der Waals surface area contributed by atoms with Crippen molar-refractivity contribution in [2.24, 2.45) is 5.73 Å². The lowest BCUT2D eigenvalue weighted by Crippen LogP contribution is -2.27. The summed E-state index contributed by atoms with van der Waals surface area (Å²) >= 11 is 0. The summed E-state index contributed by atoms with van der Waals surface area (Å²) in [5, 5.41) is 5.80. The zero-order valence-electron chi connectivity index (χ0n) is 18.8. The second-order valence-corrected chi connectivity index (χ2v) is 9.01. The SMILES string of the molecule is Nc1ccccc1NC(=O)c1ccc2c(c1)CCC2NC(=O)OCc1ccc(C2C[C@H]2N)cc1. The Morgan fingerprint density at radius 3 is 2.53 bits per heavy atom. The highest BCUT2D eigenvalue weighted by atomic mass is 16.5. The summed E-state index contributed by atoms with van der Waals surface area (Å²) in [6, 6.07) is 20.9. The second kappa shape index (κ2) is 9.19. The average molecular weight is 457 g/mol. The number of carbonyl (C=O) groups excluding carboxylic acids is 2. The third-order valence-corrected chi connectivity index (χ3v) is 6.60. The van der Waals surface area contributed by atoms with Crippen LogP contribution in [0, 0.1) is 0 Å². The summed E-state index contributed by atoms with van der Waals surface area (Å²) in [6.07, 6.45) is 2.12. The van der Waals surface area contributed by atoms with Crippen molar-refractivity contribution in [3.63, 3.8) is 0 Å². The Labute approximate surface area is 198 Å². The number of benzene rings is 3. The van der Waals surface area contributed by atoms with Crippen molar-refractivity contribution in [1.82, 2.24) is 5.32 Å². The Kier molecular flexibility index (Phi) is 5.94. The lowest BCUT2D eigenvalue weighted by atomic mass is 10.0. The number of alkyl carbamates (subject to hydrolysis) is 1. The van der Waals surface area contributed by atoms with Gasteiger partial charge in [-0.2, -0.15) is 0 Å². The number of nitrogens with two attached hydrogens (primary N) is 2. The van der Waals surface area contributed by atoms with Crippen LogP contribution in [0.15, 0.2) is 66.7 Å². The van der Waals surface area contributed by atoms with Crippen molar-refractivity contribution in [1.29, 1.82) is 0 Å². The first-order valence-electron chi connectivity index (χ1n) is 11.5. The van der Waals surface area contributed by atoms with E-state index in [1.807, 2.05) is 36.4 Å². The summed E-state index contributed by atoms with van der Waals surface area (Å²) in [6.45, 7) is 0.212. The highest BCUT2D eigenvalue weighted by Gasteiger charge is 2.34. The lowest BCUT2D eigenvalue weighted by Gasteiger charge is -2.15. The Morgan fingerprint density at radius 2 is 1.79 bits per heavy atom. The minimum atomic E-state index is -0.451. The molecule has 7 heteroatoms. The summed E-state index contributed by atoms with van der Waals surface area (Å²) in [4.78, 5) is 25.1. The predicted octanol–water partition coefficient (Wildman–Crippen LogP) is 4.25. The molecule has 0 saturated heterocycles. The molecule has 34 heavy (non-hydrogen) atoms. The van der Waals surface area contributed by atoms with E-state index in [0.29, 0.717) is 22.9 Å². The molecule has 0 heterocycles. The molecule has 1 saturated carbocycles. The first kappa shape index (κ1) is 22.0. The van der Waals surface area contributed by atoms with Crippen molar-refractivity contribution in [2.45, 2.75) is 43.9 Å². The van der Waals surface area contributed by atoms with Gasteiger partial charge in [0.2, 0.25) is 0 Å². The zero-order chi connectivity index (χ0) is 23.7. The highest BCUT2D eigenvalue weighted by molar-refractivity contribution is 6.05. The molecule has 2 unspecified atom stereocenters. The number of amides is 2. The molecule has 1 fully saturated rings. The number of anilines is 2. The molecule has 3 atom stereocenters. The maximum atomic E-state index is 12.7. The van der Waals surface area contributed by atoms with Crippen LogP contribution in [0.3, 0.4) is 0 Å². The monoisotopic (exact) mass is 456 g/mol. The van der Waals surface area contributed by atoms with E-state index in [9.17, 15) is 9.59 Å². The Balaban J connectivity index is 1.16. The van der Waals surface area contributed by atoms with E-state index in [0.717, 1.165) is 36.0 Å². The van der Waals surface area contributed by atoms with Gasteiger partial charge in [-0.15, -0.1) is 0 Å². The van der Waals surface area contributed by atoms with Crippen LogP contribution in [0.1, 0.15) is 57.4 Å². The van der Waals surface area contributed by atoms with E-state index in [-0.39, 0.29) is 24.6 Å². The van der Waals surface area contributed by atoms with Gasteiger partial charge in [-0.3, -0.25) is 4.79 Å². The van der Waals surface area contributed by atoms with Gasteiger partial charge in [0, 0.05) is 17.5 Å². The number of fused-ring (bicyclic) bond motifs is 1. The van der Waals surface area contributed by atoms with Crippen LogP contribution >= 0.6 is 0 Å². The Morgan fingerprint density at radius 1 is 1.03 bits per heavy atom. The quantitative estimate of drug-likeness (QED) is 0.414. The number of nitrogen functional groups attached to an aromatic ring is 1. The molecule has 2 aliphatic rings. The second-order valence-electron chi connectivity index (χ2n) is 9.01. The van der Waals surface area contributed by atoms with E-state index in [4.69, 9.17) is 16.2 Å². The van der Waals surface area contributed by atoms with Gasteiger partial charge in [0.25, 0.3) is 5.91 Å².